The van der Waals surface area contributed by atoms with Gasteiger partial charge in [-0.25, -0.2) is 0 Å². The molecule has 1 heterocycles. The predicted molar refractivity (Wildman–Crippen MR) is 104 cm³/mol. The van der Waals surface area contributed by atoms with E-state index in [9.17, 15) is 4.79 Å². The van der Waals surface area contributed by atoms with Crippen LogP contribution in [0.4, 0.5) is 0 Å². The first-order chi connectivity index (χ1) is 10.7. The van der Waals surface area contributed by atoms with Gasteiger partial charge in [0.1, 0.15) is 0 Å². The number of carbonyl (C=O) groups excluding carboxylic acids is 1. The van der Waals surface area contributed by atoms with Crippen molar-refractivity contribution in [2.75, 3.05) is 6.54 Å². The number of hydrogen-bond acceptors (Lipinski definition) is 2. The zero-order chi connectivity index (χ0) is 15.4. The Kier molecular flexibility index (Phi) is 8.07. The van der Waals surface area contributed by atoms with Crippen molar-refractivity contribution < 1.29 is 4.79 Å². The summed E-state index contributed by atoms with van der Waals surface area (Å²) in [7, 11) is 0. The lowest BCUT2D eigenvalue weighted by molar-refractivity contribution is -0.127. The number of para-hydroxylation sites is 1. The molecule has 1 aromatic heterocycles. The van der Waals surface area contributed by atoms with Gasteiger partial charge in [-0.2, -0.15) is 0 Å². The van der Waals surface area contributed by atoms with E-state index in [4.69, 9.17) is 5.73 Å². The number of aromatic nitrogens is 1. The number of benzene rings is 1. The molecule has 134 valence electrons. The minimum absolute atomic E-state index is 0. The van der Waals surface area contributed by atoms with Crippen molar-refractivity contribution in [1.29, 1.82) is 0 Å². The lowest BCUT2D eigenvalue weighted by atomic mass is 9.82. The largest absolute Gasteiger partial charge is 0.354 e. The number of aryl methyl sites for hydroxylation is 1. The monoisotopic (exact) mass is 371 g/mol. The molecule has 0 saturated heterocycles. The van der Waals surface area contributed by atoms with Gasteiger partial charge in [0.15, 0.2) is 0 Å². The third kappa shape index (κ3) is 4.65. The molecule has 0 spiro atoms. The van der Waals surface area contributed by atoms with Gasteiger partial charge in [0.05, 0.1) is 5.54 Å². The molecule has 6 heteroatoms. The Morgan fingerprint density at radius 3 is 2.58 bits per heavy atom. The molecular formula is C18H27Cl2N3O. The number of rotatable bonds is 5. The van der Waals surface area contributed by atoms with E-state index in [1.54, 1.807) is 0 Å². The van der Waals surface area contributed by atoms with Crippen LogP contribution in [-0.2, 0) is 11.3 Å². The number of nitrogens with two attached hydrogens (primary N) is 1. The molecule has 24 heavy (non-hydrogen) atoms. The second-order valence-electron chi connectivity index (χ2n) is 6.39. The van der Waals surface area contributed by atoms with Gasteiger partial charge < -0.3 is 15.6 Å². The highest BCUT2D eigenvalue weighted by Gasteiger charge is 2.34. The van der Waals surface area contributed by atoms with Gasteiger partial charge in [0.2, 0.25) is 5.91 Å². The van der Waals surface area contributed by atoms with Crippen LogP contribution in [0.5, 0.6) is 0 Å². The van der Waals surface area contributed by atoms with E-state index in [2.05, 4.69) is 46.4 Å². The van der Waals surface area contributed by atoms with Crippen molar-refractivity contribution in [1.82, 2.24) is 9.88 Å². The van der Waals surface area contributed by atoms with E-state index in [1.807, 2.05) is 0 Å². The molecule has 3 rings (SSSR count). The Labute approximate surface area is 156 Å². The maximum Gasteiger partial charge on any atom is 0.240 e. The Hall–Kier alpha value is -1.23. The zero-order valence-electron chi connectivity index (χ0n) is 13.9. The fraction of sp³-hybridized carbons (Fsp3) is 0.500. The van der Waals surface area contributed by atoms with Crippen LogP contribution in [0.1, 0.15) is 38.5 Å². The van der Waals surface area contributed by atoms with Crippen LogP contribution in [0.3, 0.4) is 0 Å². The summed E-state index contributed by atoms with van der Waals surface area (Å²) < 4.78 is 2.24. The highest BCUT2D eigenvalue weighted by molar-refractivity contribution is 5.86. The van der Waals surface area contributed by atoms with Crippen LogP contribution in [0.15, 0.2) is 36.5 Å². The number of hydrogen-bond donors (Lipinski definition) is 2. The molecule has 3 N–H and O–H groups in total. The molecule has 0 unspecified atom stereocenters. The van der Waals surface area contributed by atoms with E-state index in [-0.39, 0.29) is 30.7 Å². The number of nitrogens with one attached hydrogen (secondary N) is 1. The predicted octanol–water partition coefficient (Wildman–Crippen LogP) is 3.65. The van der Waals surface area contributed by atoms with Gasteiger partial charge in [-0.05, 0) is 36.8 Å². The standard InChI is InChI=1S/C18H25N3O.2ClH/c19-18(10-4-1-5-11-18)17(22)20-12-6-13-21-14-9-15-7-2-3-8-16(15)21;;/h2-3,7-9,14H,1,4-6,10-13,19H2,(H,20,22);2*1H. The molecule has 1 aliphatic rings. The number of nitrogens with zero attached hydrogens (tertiary/aromatic N) is 1. The van der Waals surface area contributed by atoms with Gasteiger partial charge in [-0.1, -0.05) is 37.5 Å². The summed E-state index contributed by atoms with van der Waals surface area (Å²) in [6.07, 6.45) is 8.01. The topological polar surface area (TPSA) is 60.1 Å². The fourth-order valence-corrected chi connectivity index (χ4v) is 3.37. The fourth-order valence-electron chi connectivity index (χ4n) is 3.37. The van der Waals surface area contributed by atoms with E-state index < -0.39 is 5.54 Å². The summed E-state index contributed by atoms with van der Waals surface area (Å²) in [6.45, 7) is 1.59. The van der Waals surface area contributed by atoms with Crippen molar-refractivity contribution >= 4 is 41.6 Å². The molecule has 1 saturated carbocycles. The molecule has 1 aromatic carbocycles. The van der Waals surface area contributed by atoms with E-state index in [0.717, 1.165) is 38.6 Å². The van der Waals surface area contributed by atoms with Crippen LogP contribution in [0.2, 0.25) is 0 Å². The van der Waals surface area contributed by atoms with Crippen LogP contribution < -0.4 is 11.1 Å². The number of carbonyl (C=O) groups is 1. The normalized spacial score (nSPS) is 16.0. The highest BCUT2D eigenvalue weighted by Crippen LogP contribution is 2.25. The third-order valence-corrected chi connectivity index (χ3v) is 4.74. The van der Waals surface area contributed by atoms with Crippen LogP contribution in [-0.4, -0.2) is 22.6 Å². The van der Waals surface area contributed by atoms with Crippen molar-refractivity contribution in [2.45, 2.75) is 50.6 Å². The van der Waals surface area contributed by atoms with E-state index >= 15 is 0 Å². The third-order valence-electron chi connectivity index (χ3n) is 4.74. The molecule has 4 nitrogen and oxygen atoms in total. The first kappa shape index (κ1) is 20.8. The van der Waals surface area contributed by atoms with E-state index in [1.165, 1.54) is 17.3 Å². The summed E-state index contributed by atoms with van der Waals surface area (Å²) >= 11 is 0. The summed E-state index contributed by atoms with van der Waals surface area (Å²) in [4.78, 5) is 12.3. The zero-order valence-corrected chi connectivity index (χ0v) is 15.5. The quantitative estimate of drug-likeness (QED) is 0.787. The number of amides is 1. The molecule has 0 aliphatic heterocycles. The molecule has 1 amide bonds. The minimum Gasteiger partial charge on any atom is -0.354 e. The first-order valence-electron chi connectivity index (χ1n) is 8.30. The Bertz CT molecular complexity index is 651. The maximum atomic E-state index is 12.3. The summed E-state index contributed by atoms with van der Waals surface area (Å²) in [5, 5.41) is 4.29. The lowest BCUT2D eigenvalue weighted by Crippen LogP contribution is -2.55. The number of fused-ring (bicyclic) bond motifs is 1. The molecule has 0 bridgehead atoms. The molecule has 1 aliphatic carbocycles. The van der Waals surface area contributed by atoms with Crippen molar-refractivity contribution in [3.05, 3.63) is 36.5 Å². The average Bonchev–Trinajstić information content (AvgIpc) is 2.95. The summed E-state index contributed by atoms with van der Waals surface area (Å²) in [5.41, 5.74) is 6.86. The molecule has 0 radical (unpaired) electrons. The summed E-state index contributed by atoms with van der Waals surface area (Å²) in [6, 6.07) is 10.5. The second-order valence-corrected chi connectivity index (χ2v) is 6.39. The maximum absolute atomic E-state index is 12.3. The average molecular weight is 372 g/mol. The summed E-state index contributed by atoms with van der Waals surface area (Å²) in [5.74, 6) is 0.0320. The van der Waals surface area contributed by atoms with Gasteiger partial charge in [-0.15, -0.1) is 24.8 Å². The van der Waals surface area contributed by atoms with Gasteiger partial charge in [0, 0.05) is 24.8 Å². The molecule has 2 aromatic rings. The van der Waals surface area contributed by atoms with Crippen LogP contribution >= 0.6 is 24.8 Å². The van der Waals surface area contributed by atoms with Crippen LogP contribution in [0, 0.1) is 0 Å². The smallest absolute Gasteiger partial charge is 0.240 e. The SMILES string of the molecule is Cl.Cl.NC1(C(=O)NCCCn2ccc3ccccc32)CCCCC1. The van der Waals surface area contributed by atoms with Crippen molar-refractivity contribution in [3.63, 3.8) is 0 Å². The van der Waals surface area contributed by atoms with Gasteiger partial charge in [0.25, 0.3) is 0 Å². The van der Waals surface area contributed by atoms with Crippen molar-refractivity contribution in [3.8, 4) is 0 Å². The second kappa shape index (κ2) is 9.30. The lowest BCUT2D eigenvalue weighted by Gasteiger charge is -2.31. The molecular weight excluding hydrogens is 345 g/mol. The molecule has 0 atom stereocenters. The highest BCUT2D eigenvalue weighted by atomic mass is 35.5. The van der Waals surface area contributed by atoms with E-state index in [0.29, 0.717) is 6.54 Å². The van der Waals surface area contributed by atoms with Crippen LogP contribution in [0.25, 0.3) is 10.9 Å². The Morgan fingerprint density at radius 2 is 1.83 bits per heavy atom. The Morgan fingerprint density at radius 1 is 1.12 bits per heavy atom. The first-order valence-corrected chi connectivity index (χ1v) is 8.30. The van der Waals surface area contributed by atoms with Crippen molar-refractivity contribution in [2.24, 2.45) is 5.73 Å². The molecule has 1 fully saturated rings. The number of halogens is 2. The van der Waals surface area contributed by atoms with Gasteiger partial charge >= 0.3 is 0 Å². The minimum atomic E-state index is -0.627. The Balaban J connectivity index is 0.00000144. The van der Waals surface area contributed by atoms with Gasteiger partial charge in [-0.3, -0.25) is 4.79 Å².